The van der Waals surface area contributed by atoms with Crippen molar-refractivity contribution < 1.29 is 19.2 Å². The molecule has 0 aliphatic carbocycles. The normalized spacial score (nSPS) is 10.7. The minimum Gasteiger partial charge on any atom is -0.455 e. The molecule has 0 bridgehead atoms. The maximum atomic E-state index is 11.9. The first kappa shape index (κ1) is 17.5. The molecule has 3 rings (SSSR count). The Labute approximate surface area is 151 Å². The Morgan fingerprint density at radius 1 is 1.42 bits per heavy atom. The number of nitrogens with one attached hydrogen (secondary N) is 1. The topological polar surface area (TPSA) is 116 Å². The largest absolute Gasteiger partial charge is 0.455 e. The summed E-state index contributed by atoms with van der Waals surface area (Å²) < 4.78 is 6.74. The van der Waals surface area contributed by atoms with Gasteiger partial charge in [0.2, 0.25) is 0 Å². The van der Waals surface area contributed by atoms with Crippen LogP contribution in [0.4, 0.5) is 11.4 Å². The Bertz CT molecular complexity index is 965. The number of carbonyl (C=O) groups is 2. The van der Waals surface area contributed by atoms with Gasteiger partial charge in [0.05, 0.1) is 28.3 Å². The molecule has 26 heavy (non-hydrogen) atoms. The first-order chi connectivity index (χ1) is 12.4. The smallest absolute Gasteiger partial charge is 0.312 e. The lowest BCUT2D eigenvalue weighted by Gasteiger charge is -2.09. The molecule has 2 heterocycles. The van der Waals surface area contributed by atoms with Gasteiger partial charge >= 0.3 is 5.97 Å². The predicted molar refractivity (Wildman–Crippen MR) is 94.2 cm³/mol. The number of ether oxygens (including phenoxy) is 1. The number of nitro benzene ring substituents is 1. The number of fused-ring (bicyclic) bond motifs is 1. The summed E-state index contributed by atoms with van der Waals surface area (Å²) in [6, 6.07) is 4.36. The van der Waals surface area contributed by atoms with Crippen LogP contribution in [0.2, 0.25) is 0 Å². The molecule has 9 nitrogen and oxygen atoms in total. The number of hydrogen-bond acceptors (Lipinski definition) is 7. The van der Waals surface area contributed by atoms with Crippen LogP contribution in [0.5, 0.6) is 0 Å². The molecule has 0 saturated carbocycles. The van der Waals surface area contributed by atoms with Crippen LogP contribution in [0.15, 0.2) is 36.0 Å². The Morgan fingerprint density at radius 2 is 2.23 bits per heavy atom. The van der Waals surface area contributed by atoms with Gasteiger partial charge in [0.15, 0.2) is 11.6 Å². The van der Waals surface area contributed by atoms with E-state index in [4.69, 9.17) is 4.74 Å². The van der Waals surface area contributed by atoms with Gasteiger partial charge in [-0.2, -0.15) is 0 Å². The van der Waals surface area contributed by atoms with E-state index in [1.165, 1.54) is 30.4 Å². The third-order valence-electron chi connectivity index (χ3n) is 3.61. The summed E-state index contributed by atoms with van der Waals surface area (Å²) in [5.41, 5.74) is 1.08. The van der Waals surface area contributed by atoms with Crippen molar-refractivity contribution in [1.29, 1.82) is 0 Å². The minimum atomic E-state index is -0.582. The zero-order valence-corrected chi connectivity index (χ0v) is 14.5. The highest BCUT2D eigenvalue weighted by Crippen LogP contribution is 2.24. The van der Waals surface area contributed by atoms with E-state index in [0.29, 0.717) is 16.9 Å². The third-order valence-corrected chi connectivity index (χ3v) is 4.38. The zero-order valence-electron chi connectivity index (χ0n) is 13.7. The number of imidazole rings is 1. The van der Waals surface area contributed by atoms with Crippen molar-refractivity contribution in [2.45, 2.75) is 13.3 Å². The number of amides is 1. The second kappa shape index (κ2) is 7.31. The number of thiazole rings is 1. The van der Waals surface area contributed by atoms with Gasteiger partial charge in [-0.05, 0) is 13.0 Å². The van der Waals surface area contributed by atoms with E-state index in [9.17, 15) is 19.7 Å². The van der Waals surface area contributed by atoms with Crippen molar-refractivity contribution in [3.05, 3.63) is 57.3 Å². The van der Waals surface area contributed by atoms with Crippen molar-refractivity contribution in [3.63, 3.8) is 0 Å². The van der Waals surface area contributed by atoms with Gasteiger partial charge in [-0.15, -0.1) is 11.3 Å². The van der Waals surface area contributed by atoms with Crippen LogP contribution in [-0.4, -0.2) is 32.8 Å². The fraction of sp³-hybridized carbons (Fsp3) is 0.188. The van der Waals surface area contributed by atoms with Crippen LogP contribution in [0.3, 0.4) is 0 Å². The summed E-state index contributed by atoms with van der Waals surface area (Å²) >= 11 is 1.45. The average Bonchev–Trinajstić information content (AvgIpc) is 3.16. The van der Waals surface area contributed by atoms with Crippen molar-refractivity contribution in [1.82, 2.24) is 9.38 Å². The predicted octanol–water partition coefficient (Wildman–Crippen LogP) is 2.34. The molecule has 0 saturated heterocycles. The molecule has 0 unspecified atom stereocenters. The number of benzene rings is 1. The minimum absolute atomic E-state index is 0.0441. The molecular weight excluding hydrogens is 360 g/mol. The molecule has 1 N–H and O–H groups in total. The van der Waals surface area contributed by atoms with Crippen molar-refractivity contribution in [2.75, 3.05) is 11.9 Å². The Kier molecular flexibility index (Phi) is 4.94. The van der Waals surface area contributed by atoms with Crippen LogP contribution in [-0.2, 0) is 20.7 Å². The van der Waals surface area contributed by atoms with Crippen molar-refractivity contribution >= 4 is 39.5 Å². The van der Waals surface area contributed by atoms with Gasteiger partial charge in [0.25, 0.3) is 11.6 Å². The second-order valence-corrected chi connectivity index (χ2v) is 6.29. The molecule has 134 valence electrons. The van der Waals surface area contributed by atoms with E-state index in [1.54, 1.807) is 16.7 Å². The summed E-state index contributed by atoms with van der Waals surface area (Å²) in [6.45, 7) is 1.05. The number of nitro groups is 1. The summed E-state index contributed by atoms with van der Waals surface area (Å²) in [5.74, 6) is -1.16. The van der Waals surface area contributed by atoms with Gasteiger partial charge in [0, 0.05) is 23.8 Å². The molecule has 3 aromatic rings. The van der Waals surface area contributed by atoms with Crippen LogP contribution in [0.1, 0.15) is 11.3 Å². The highest BCUT2D eigenvalue weighted by molar-refractivity contribution is 7.15. The molecule has 0 radical (unpaired) electrons. The lowest BCUT2D eigenvalue weighted by molar-refractivity contribution is -0.385. The van der Waals surface area contributed by atoms with Crippen LogP contribution >= 0.6 is 11.3 Å². The fourth-order valence-electron chi connectivity index (χ4n) is 2.35. The summed E-state index contributed by atoms with van der Waals surface area (Å²) in [4.78, 5) is 39.2. The lowest BCUT2D eigenvalue weighted by atomic mass is 10.1. The van der Waals surface area contributed by atoms with E-state index in [0.717, 1.165) is 4.96 Å². The third kappa shape index (κ3) is 3.86. The number of esters is 1. The molecule has 0 fully saturated rings. The van der Waals surface area contributed by atoms with Gasteiger partial charge in [-0.25, -0.2) is 4.98 Å². The second-order valence-electron chi connectivity index (χ2n) is 5.42. The molecule has 10 heteroatoms. The van der Waals surface area contributed by atoms with E-state index in [2.05, 4.69) is 10.3 Å². The highest BCUT2D eigenvalue weighted by Gasteiger charge is 2.16. The van der Waals surface area contributed by atoms with E-state index in [-0.39, 0.29) is 12.1 Å². The maximum Gasteiger partial charge on any atom is 0.312 e. The van der Waals surface area contributed by atoms with E-state index >= 15 is 0 Å². The van der Waals surface area contributed by atoms with Gasteiger partial charge in [0.1, 0.15) is 0 Å². The molecular formula is C16H14N4O5S. The first-order valence-corrected chi connectivity index (χ1v) is 8.42. The number of hydrogen-bond donors (Lipinski definition) is 1. The molecule has 0 aliphatic rings. The molecule has 0 spiro atoms. The van der Waals surface area contributed by atoms with Crippen LogP contribution < -0.4 is 5.32 Å². The van der Waals surface area contributed by atoms with Crippen LogP contribution in [0, 0.1) is 17.0 Å². The Balaban J connectivity index is 1.54. The van der Waals surface area contributed by atoms with Gasteiger partial charge in [-0.3, -0.25) is 24.1 Å². The Hall–Kier alpha value is -3.27. The monoisotopic (exact) mass is 374 g/mol. The van der Waals surface area contributed by atoms with E-state index in [1.807, 2.05) is 11.6 Å². The number of aromatic nitrogens is 2. The fourth-order valence-corrected chi connectivity index (χ4v) is 3.07. The summed E-state index contributed by atoms with van der Waals surface area (Å²) in [7, 11) is 0. The van der Waals surface area contributed by atoms with Gasteiger partial charge in [-0.1, -0.05) is 6.07 Å². The molecule has 0 atom stereocenters. The average molecular weight is 374 g/mol. The molecule has 0 aliphatic heterocycles. The first-order valence-electron chi connectivity index (χ1n) is 7.54. The van der Waals surface area contributed by atoms with Crippen LogP contribution in [0.25, 0.3) is 4.96 Å². The van der Waals surface area contributed by atoms with Crippen molar-refractivity contribution in [2.24, 2.45) is 0 Å². The van der Waals surface area contributed by atoms with Crippen molar-refractivity contribution in [3.8, 4) is 0 Å². The molecule has 1 amide bonds. The quantitative estimate of drug-likeness (QED) is 0.402. The maximum absolute atomic E-state index is 11.9. The lowest BCUT2D eigenvalue weighted by Crippen LogP contribution is -2.22. The SMILES string of the molecule is Cc1c(NC(=O)COC(=O)Cc2cn3ccsc3n2)cccc1[N+](=O)[O-]. The standard InChI is InChI=1S/C16H14N4O5S/c1-10-12(3-2-4-13(10)20(23)24)18-14(21)9-25-15(22)7-11-8-19-5-6-26-16(19)17-11/h2-6,8H,7,9H2,1H3,(H,18,21). The number of nitrogens with zero attached hydrogens (tertiary/aromatic N) is 3. The molecule has 1 aromatic carbocycles. The number of rotatable bonds is 6. The highest BCUT2D eigenvalue weighted by atomic mass is 32.1. The van der Waals surface area contributed by atoms with E-state index < -0.39 is 23.4 Å². The summed E-state index contributed by atoms with van der Waals surface area (Å²) in [5, 5.41) is 15.3. The molecule has 2 aromatic heterocycles. The zero-order chi connectivity index (χ0) is 18.7. The van der Waals surface area contributed by atoms with Gasteiger partial charge < -0.3 is 10.1 Å². The number of anilines is 1. The number of carbonyl (C=O) groups excluding carboxylic acids is 2. The summed E-state index contributed by atoms with van der Waals surface area (Å²) in [6.07, 6.45) is 3.51. The Morgan fingerprint density at radius 3 is 2.96 bits per heavy atom.